The highest BCUT2D eigenvalue weighted by atomic mass is 16.5. The lowest BCUT2D eigenvalue weighted by molar-refractivity contribution is -0.0987. The van der Waals surface area contributed by atoms with Gasteiger partial charge in [0.1, 0.15) is 13.6 Å². The number of nitrogens with two attached hydrogens (primary N) is 1. The summed E-state index contributed by atoms with van der Waals surface area (Å²) in [5.41, 5.74) is 8.20. The number of nitrogens with one attached hydrogen (secondary N) is 1. The van der Waals surface area contributed by atoms with E-state index in [4.69, 9.17) is 20.5 Å². The van der Waals surface area contributed by atoms with E-state index in [2.05, 4.69) is 65.8 Å². The van der Waals surface area contributed by atoms with Gasteiger partial charge < -0.3 is 20.5 Å². The van der Waals surface area contributed by atoms with Crippen LogP contribution in [0.2, 0.25) is 0 Å². The summed E-state index contributed by atoms with van der Waals surface area (Å²) in [6.07, 6.45) is 49.1. The van der Waals surface area contributed by atoms with Crippen LogP contribution in [0.25, 0.3) is 0 Å². The first-order valence-electron chi connectivity index (χ1n) is 22.3. The van der Waals surface area contributed by atoms with Gasteiger partial charge in [0, 0.05) is 7.97 Å². The van der Waals surface area contributed by atoms with Crippen molar-refractivity contribution in [2.24, 2.45) is 17.1 Å². The summed E-state index contributed by atoms with van der Waals surface area (Å²) in [5.74, 6) is 0.822. The van der Waals surface area contributed by atoms with Crippen LogP contribution in [0.5, 0.6) is 0 Å². The first kappa shape index (κ1) is 63.6. The molecule has 0 aliphatic carbocycles. The lowest BCUT2D eigenvalue weighted by atomic mass is 9.83. The molecule has 0 saturated carbocycles. The lowest BCUT2D eigenvalue weighted by Crippen LogP contribution is -2.10. The number of rotatable bonds is 35. The second kappa shape index (κ2) is 62.7. The molecule has 0 atom stereocenters. The maximum Gasteiger partial charge on any atom is 0.106 e. The molecule has 0 radical (unpaired) electrons. The van der Waals surface area contributed by atoms with Gasteiger partial charge in [0.15, 0.2) is 0 Å². The van der Waals surface area contributed by atoms with Crippen LogP contribution in [0.15, 0.2) is 24.8 Å². The smallest absolute Gasteiger partial charge is 0.106 e. The minimum absolute atomic E-state index is 0. The molecule has 0 aromatic heterocycles. The van der Waals surface area contributed by atoms with Gasteiger partial charge >= 0.3 is 0 Å². The van der Waals surface area contributed by atoms with E-state index in [0.29, 0.717) is 5.41 Å². The van der Waals surface area contributed by atoms with Crippen molar-refractivity contribution >= 4 is 13.6 Å². The van der Waals surface area contributed by atoms with Crippen LogP contribution in [0, 0.1) is 11.3 Å². The average Bonchev–Trinajstić information content (AvgIpc) is 3.16. The van der Waals surface area contributed by atoms with Gasteiger partial charge in [-0.05, 0) is 69.2 Å². The number of hydroxylamine groups is 1. The van der Waals surface area contributed by atoms with E-state index in [9.17, 15) is 0 Å². The molecule has 5 nitrogen and oxygen atoms in total. The SMILES string of the molecule is C.C=CCCCCCCC.C=O.C=O.CCCCCCCCC(/C=C\CC(C)(C)CCCCCCN)CCCCCCCC.CCCCCCCNO.[HH]. The zero-order valence-corrected chi connectivity index (χ0v) is 36.6. The van der Waals surface area contributed by atoms with Crippen molar-refractivity contribution in [2.45, 2.75) is 248 Å². The minimum Gasteiger partial charge on any atom is -0.330 e. The Kier molecular flexibility index (Phi) is 75.2. The second-order valence-electron chi connectivity index (χ2n) is 15.4. The standard InChI is InChI=1S/C29H59N.C9H18.C7H17NO.2CH2O.CH4.H2/c1-5-7-9-11-13-17-22-28(23-18-14-12-10-8-6-2)24-21-26-29(3,4)25-19-15-16-20-27-30;1-3-5-7-9-8-6-4-2;1-2-3-4-5-6-7-8-9;2*1-2;;/h21,24,28H,5-20,22-23,25-27,30H2,1-4H3;3H,1,4-9H2,2H3;8-9H,2-7H2,1H3;2*1H2;1H4;1H/b24-21-;;;;;;. The van der Waals surface area contributed by atoms with Crippen LogP contribution in [0.1, 0.15) is 249 Å². The van der Waals surface area contributed by atoms with Crippen LogP contribution >= 0.6 is 0 Å². The number of hydrogen-bond acceptors (Lipinski definition) is 5. The van der Waals surface area contributed by atoms with Crippen molar-refractivity contribution in [1.82, 2.24) is 5.48 Å². The van der Waals surface area contributed by atoms with Crippen LogP contribution in [-0.2, 0) is 9.59 Å². The normalized spacial score (nSPS) is 10.5. The van der Waals surface area contributed by atoms with Gasteiger partial charge in [0.05, 0.1) is 0 Å². The third kappa shape index (κ3) is 69.2. The fourth-order valence-corrected chi connectivity index (χ4v) is 6.19. The van der Waals surface area contributed by atoms with Crippen molar-refractivity contribution in [3.8, 4) is 0 Å². The number of carbonyl (C=O) groups excluding carboxylic acids is 2. The Labute approximate surface area is 337 Å². The van der Waals surface area contributed by atoms with Gasteiger partial charge in [-0.3, -0.25) is 0 Å². The largest absolute Gasteiger partial charge is 0.330 e. The maximum atomic E-state index is 8.17. The molecule has 4 N–H and O–H groups in total. The molecule has 0 rings (SSSR count). The van der Waals surface area contributed by atoms with E-state index >= 15 is 0 Å². The molecule has 0 bridgehead atoms. The summed E-state index contributed by atoms with van der Waals surface area (Å²) in [6.45, 7) is 23.2. The zero-order chi connectivity index (χ0) is 40.2. The Morgan fingerprint density at radius 2 is 0.981 bits per heavy atom. The molecule has 0 aliphatic rings. The molecule has 0 aromatic rings. The number of allylic oxidation sites excluding steroid dienone is 3. The van der Waals surface area contributed by atoms with Crippen molar-refractivity contribution in [2.75, 3.05) is 13.1 Å². The molecule has 0 unspecified atom stereocenters. The third-order valence-corrected chi connectivity index (χ3v) is 9.65. The van der Waals surface area contributed by atoms with E-state index in [1.54, 1.807) is 0 Å². The Bertz CT molecular complexity index is 609. The van der Waals surface area contributed by atoms with E-state index in [1.165, 1.54) is 193 Å². The van der Waals surface area contributed by atoms with Crippen molar-refractivity contribution in [3.63, 3.8) is 0 Å². The van der Waals surface area contributed by atoms with Crippen molar-refractivity contribution in [3.05, 3.63) is 24.8 Å². The highest BCUT2D eigenvalue weighted by molar-refractivity contribution is 5.11. The predicted octanol–water partition coefficient (Wildman–Crippen LogP) is 16.0. The first-order chi connectivity index (χ1) is 25.4. The van der Waals surface area contributed by atoms with Crippen molar-refractivity contribution in [1.29, 1.82) is 0 Å². The first-order valence-corrected chi connectivity index (χ1v) is 22.3. The average molecular weight is 757 g/mol. The van der Waals surface area contributed by atoms with Crippen LogP contribution in [-0.4, -0.2) is 31.9 Å². The molecule has 0 fully saturated rings. The summed E-state index contributed by atoms with van der Waals surface area (Å²) in [6, 6.07) is 0. The van der Waals surface area contributed by atoms with Gasteiger partial charge in [-0.25, -0.2) is 5.48 Å². The van der Waals surface area contributed by atoms with E-state index in [-0.39, 0.29) is 8.85 Å². The highest BCUT2D eigenvalue weighted by Crippen LogP contribution is 2.29. The molecule has 53 heavy (non-hydrogen) atoms. The number of carbonyl (C=O) groups is 2. The Morgan fingerprint density at radius 3 is 1.40 bits per heavy atom. The van der Waals surface area contributed by atoms with Crippen LogP contribution in [0.4, 0.5) is 0 Å². The topological polar surface area (TPSA) is 92.4 Å². The molecule has 0 aromatic carbocycles. The fraction of sp³-hybridized carbons (Fsp3) is 0.875. The molecule has 324 valence electrons. The summed E-state index contributed by atoms with van der Waals surface area (Å²) in [4.78, 5) is 16.0. The molecule has 5 heteroatoms. The van der Waals surface area contributed by atoms with Gasteiger partial charge in [-0.1, -0.05) is 215 Å². The summed E-state index contributed by atoms with van der Waals surface area (Å²) in [5, 5.41) is 8.17. The van der Waals surface area contributed by atoms with E-state index < -0.39 is 0 Å². The predicted molar refractivity (Wildman–Crippen MR) is 244 cm³/mol. The van der Waals surface area contributed by atoms with Crippen LogP contribution in [0.3, 0.4) is 0 Å². The monoisotopic (exact) mass is 757 g/mol. The Balaban J connectivity index is -0.000000151. The zero-order valence-electron chi connectivity index (χ0n) is 36.6. The molecule has 0 heterocycles. The number of hydrogen-bond donors (Lipinski definition) is 3. The van der Waals surface area contributed by atoms with Gasteiger partial charge in [0.25, 0.3) is 0 Å². The Hall–Kier alpha value is -1.30. The molecule has 0 spiro atoms. The van der Waals surface area contributed by atoms with Gasteiger partial charge in [-0.2, -0.15) is 0 Å². The van der Waals surface area contributed by atoms with Crippen molar-refractivity contribution < 1.29 is 16.2 Å². The molecular weight excluding hydrogens is 653 g/mol. The highest BCUT2D eigenvalue weighted by Gasteiger charge is 2.15. The molecule has 0 saturated heterocycles. The fourth-order valence-electron chi connectivity index (χ4n) is 6.19. The molecular formula is C48H104N2O3. The second-order valence-corrected chi connectivity index (χ2v) is 15.4. The lowest BCUT2D eigenvalue weighted by Gasteiger charge is -2.23. The van der Waals surface area contributed by atoms with Gasteiger partial charge in [-0.15, -0.1) is 6.58 Å². The third-order valence-electron chi connectivity index (χ3n) is 9.65. The summed E-state index contributed by atoms with van der Waals surface area (Å²) < 4.78 is 0. The summed E-state index contributed by atoms with van der Waals surface area (Å²) >= 11 is 0. The minimum atomic E-state index is 0. The van der Waals surface area contributed by atoms with Crippen LogP contribution < -0.4 is 11.2 Å². The number of unbranched alkanes of at least 4 members (excludes halogenated alkanes) is 22. The molecule has 0 amide bonds. The Morgan fingerprint density at radius 1 is 0.604 bits per heavy atom. The van der Waals surface area contributed by atoms with Gasteiger partial charge in [0.2, 0.25) is 0 Å². The molecule has 0 aliphatic heterocycles. The quantitative estimate of drug-likeness (QED) is 0.0340. The summed E-state index contributed by atoms with van der Waals surface area (Å²) in [7, 11) is 0. The maximum absolute atomic E-state index is 8.17. The van der Waals surface area contributed by atoms with E-state index in [0.717, 1.165) is 25.4 Å². The van der Waals surface area contributed by atoms with E-state index in [1.807, 2.05) is 19.7 Å².